The number of hydrogen-bond donors (Lipinski definition) is 0. The summed E-state index contributed by atoms with van der Waals surface area (Å²) in [5.41, 5.74) is 0. The topological polar surface area (TPSA) is 0 Å². The van der Waals surface area contributed by atoms with Crippen LogP contribution < -0.4 is 0 Å². The van der Waals surface area contributed by atoms with Crippen molar-refractivity contribution in [2.45, 2.75) is 6.42 Å². The Bertz CT molecular complexity index is 86.8. The van der Waals surface area contributed by atoms with Crippen LogP contribution in [0.2, 0.25) is 0 Å². The summed E-state index contributed by atoms with van der Waals surface area (Å²) in [6.45, 7) is 0. The third-order valence-corrected chi connectivity index (χ3v) is 0.948. The molecule has 0 aromatic carbocycles. The van der Waals surface area contributed by atoms with Gasteiger partial charge in [0.2, 0.25) is 0 Å². The Morgan fingerprint density at radius 3 is 2.86 bits per heavy atom. The lowest BCUT2D eigenvalue weighted by atomic mass is 10.4. The molecule has 0 radical (unpaired) electrons. The fraction of sp³-hybridized carbons (Fsp3) is 0.333. The van der Waals surface area contributed by atoms with E-state index in [0.29, 0.717) is 0 Å². The summed E-state index contributed by atoms with van der Waals surface area (Å²) in [7, 11) is 0. The lowest BCUT2D eigenvalue weighted by molar-refractivity contribution is 1.26. The normalized spacial score (nSPS) is 9.14. The minimum Gasteiger partial charge on any atom is -0.115 e. The Labute approximate surface area is 52.7 Å². The zero-order valence-electron chi connectivity index (χ0n) is 4.02. The summed E-state index contributed by atoms with van der Waals surface area (Å²) in [5, 5.41) is 0.991. The molecule has 0 unspecified atom stereocenters. The molecule has 0 nitrogen and oxygen atoms in total. The predicted octanol–water partition coefficient (Wildman–Crippen LogP) is 1.96. The Morgan fingerprint density at radius 2 is 2.43 bits per heavy atom. The highest BCUT2D eigenvalue weighted by Gasteiger charge is 1.68. The first-order chi connectivity index (χ1) is 3.41. The number of allylic oxidation sites excluding steroid dienone is 2. The van der Waals surface area contributed by atoms with E-state index in [0.717, 1.165) is 11.8 Å². The second-order valence-corrected chi connectivity index (χ2v) is 1.84. The molecular weight excluding hydrogens is 152 g/mol. The van der Waals surface area contributed by atoms with E-state index in [2.05, 4.69) is 21.9 Å². The van der Waals surface area contributed by atoms with Crippen LogP contribution in [-0.2, 0) is 0 Å². The van der Waals surface area contributed by atoms with Gasteiger partial charge in [-0.05, 0) is 12.5 Å². The fourth-order valence-electron chi connectivity index (χ4n) is 0.214. The zero-order valence-corrected chi connectivity index (χ0v) is 5.61. The SMILES string of the molecule is C#CC=CCCBr. The van der Waals surface area contributed by atoms with Crippen molar-refractivity contribution in [3.05, 3.63) is 12.2 Å². The van der Waals surface area contributed by atoms with Crippen LogP contribution in [0, 0.1) is 12.3 Å². The van der Waals surface area contributed by atoms with Crippen LogP contribution in [0.15, 0.2) is 12.2 Å². The van der Waals surface area contributed by atoms with Crippen LogP contribution in [0.3, 0.4) is 0 Å². The van der Waals surface area contributed by atoms with Crippen molar-refractivity contribution in [3.63, 3.8) is 0 Å². The Balaban J connectivity index is 2.97. The summed E-state index contributed by atoms with van der Waals surface area (Å²) in [6.07, 6.45) is 9.60. The van der Waals surface area contributed by atoms with E-state index in [4.69, 9.17) is 6.42 Å². The smallest absolute Gasteiger partial charge is 0.00662 e. The second kappa shape index (κ2) is 5.78. The molecule has 0 aliphatic rings. The van der Waals surface area contributed by atoms with Gasteiger partial charge in [0, 0.05) is 5.33 Å². The van der Waals surface area contributed by atoms with Gasteiger partial charge in [-0.1, -0.05) is 27.9 Å². The quantitative estimate of drug-likeness (QED) is 0.426. The summed E-state index contributed by atoms with van der Waals surface area (Å²) in [4.78, 5) is 0. The van der Waals surface area contributed by atoms with Crippen LogP contribution in [0.4, 0.5) is 0 Å². The number of terminal acetylenes is 1. The summed E-state index contributed by atoms with van der Waals surface area (Å²) < 4.78 is 0. The molecule has 0 saturated carbocycles. The van der Waals surface area contributed by atoms with Crippen molar-refractivity contribution >= 4 is 15.9 Å². The molecule has 38 valence electrons. The molecule has 0 aromatic heterocycles. The van der Waals surface area contributed by atoms with Crippen LogP contribution in [0.1, 0.15) is 6.42 Å². The van der Waals surface area contributed by atoms with Gasteiger partial charge in [0.05, 0.1) is 0 Å². The number of halogens is 1. The van der Waals surface area contributed by atoms with Crippen molar-refractivity contribution in [1.82, 2.24) is 0 Å². The number of alkyl halides is 1. The van der Waals surface area contributed by atoms with Gasteiger partial charge >= 0.3 is 0 Å². The van der Waals surface area contributed by atoms with Crippen LogP contribution in [0.5, 0.6) is 0 Å². The average molecular weight is 159 g/mol. The third-order valence-electron chi connectivity index (χ3n) is 0.490. The van der Waals surface area contributed by atoms with Crippen molar-refractivity contribution in [2.75, 3.05) is 5.33 Å². The van der Waals surface area contributed by atoms with Crippen LogP contribution >= 0.6 is 15.9 Å². The van der Waals surface area contributed by atoms with E-state index in [-0.39, 0.29) is 0 Å². The highest BCUT2D eigenvalue weighted by molar-refractivity contribution is 9.09. The number of hydrogen-bond acceptors (Lipinski definition) is 0. The lowest BCUT2D eigenvalue weighted by Crippen LogP contribution is -1.62. The third kappa shape index (κ3) is 5.78. The summed E-state index contributed by atoms with van der Waals surface area (Å²) in [5.74, 6) is 2.40. The van der Waals surface area contributed by atoms with E-state index in [1.165, 1.54) is 0 Å². The first-order valence-electron chi connectivity index (χ1n) is 2.09. The Kier molecular flexibility index (Phi) is 5.60. The fourth-order valence-corrected chi connectivity index (χ4v) is 0.479. The minimum absolute atomic E-state index is 0.991. The maximum Gasteiger partial charge on any atom is 0.00662 e. The molecule has 1 heteroatoms. The van der Waals surface area contributed by atoms with Crippen molar-refractivity contribution in [2.24, 2.45) is 0 Å². The van der Waals surface area contributed by atoms with Crippen LogP contribution in [-0.4, -0.2) is 5.33 Å². The Morgan fingerprint density at radius 1 is 1.71 bits per heavy atom. The maximum absolute atomic E-state index is 4.92. The van der Waals surface area contributed by atoms with E-state index in [9.17, 15) is 0 Å². The molecule has 7 heavy (non-hydrogen) atoms. The molecule has 0 saturated heterocycles. The molecule has 0 rings (SSSR count). The molecule has 0 N–H and O–H groups in total. The van der Waals surface area contributed by atoms with E-state index in [1.54, 1.807) is 6.08 Å². The van der Waals surface area contributed by atoms with Gasteiger partial charge in [0.1, 0.15) is 0 Å². The molecule has 0 amide bonds. The molecule has 0 bridgehead atoms. The Hall–Kier alpha value is -0.220. The van der Waals surface area contributed by atoms with Gasteiger partial charge in [0.25, 0.3) is 0 Å². The van der Waals surface area contributed by atoms with Gasteiger partial charge in [0.15, 0.2) is 0 Å². The molecule has 0 aliphatic carbocycles. The monoisotopic (exact) mass is 158 g/mol. The molecule has 0 atom stereocenters. The van der Waals surface area contributed by atoms with E-state index < -0.39 is 0 Å². The van der Waals surface area contributed by atoms with Crippen molar-refractivity contribution in [1.29, 1.82) is 0 Å². The molecular formula is C6H7Br. The largest absolute Gasteiger partial charge is 0.115 e. The van der Waals surface area contributed by atoms with Gasteiger partial charge in [-0.25, -0.2) is 0 Å². The van der Waals surface area contributed by atoms with Crippen molar-refractivity contribution < 1.29 is 0 Å². The van der Waals surface area contributed by atoms with Gasteiger partial charge in [-0.3, -0.25) is 0 Å². The van der Waals surface area contributed by atoms with Gasteiger partial charge in [-0.15, -0.1) is 6.42 Å². The minimum atomic E-state index is 0.991. The molecule has 0 aromatic rings. The predicted molar refractivity (Wildman–Crippen MR) is 36.4 cm³/mol. The summed E-state index contributed by atoms with van der Waals surface area (Å²) >= 11 is 3.26. The van der Waals surface area contributed by atoms with Gasteiger partial charge < -0.3 is 0 Å². The first kappa shape index (κ1) is 6.78. The molecule has 0 heterocycles. The van der Waals surface area contributed by atoms with Crippen LogP contribution in [0.25, 0.3) is 0 Å². The first-order valence-corrected chi connectivity index (χ1v) is 3.21. The highest BCUT2D eigenvalue weighted by atomic mass is 79.9. The lowest BCUT2D eigenvalue weighted by Gasteiger charge is -1.74. The van der Waals surface area contributed by atoms with Gasteiger partial charge in [-0.2, -0.15) is 0 Å². The maximum atomic E-state index is 4.92. The molecule has 0 fully saturated rings. The highest BCUT2D eigenvalue weighted by Crippen LogP contribution is 1.87. The van der Waals surface area contributed by atoms with Crippen molar-refractivity contribution in [3.8, 4) is 12.3 Å². The van der Waals surface area contributed by atoms with E-state index >= 15 is 0 Å². The average Bonchev–Trinajstić information content (AvgIpc) is 1.69. The zero-order chi connectivity index (χ0) is 5.54. The number of rotatable bonds is 2. The molecule has 0 aliphatic heterocycles. The van der Waals surface area contributed by atoms with E-state index in [1.807, 2.05) is 6.08 Å². The molecule has 0 spiro atoms. The summed E-state index contributed by atoms with van der Waals surface area (Å²) in [6, 6.07) is 0. The standard InChI is InChI=1S/C6H7Br/c1-2-3-4-5-6-7/h1,3-4H,5-6H2. The second-order valence-electron chi connectivity index (χ2n) is 1.05.